The number of unbranched alkanes of at least 4 members (excludes halogenated alkanes) is 6. The fourth-order valence-corrected chi connectivity index (χ4v) is 5.89. The van der Waals surface area contributed by atoms with E-state index in [-0.39, 0.29) is 25.7 Å². The van der Waals surface area contributed by atoms with Crippen LogP contribution < -0.4 is 0 Å². The summed E-state index contributed by atoms with van der Waals surface area (Å²) >= 11 is 0. The summed E-state index contributed by atoms with van der Waals surface area (Å²) in [6.45, 7) is 3.61. The number of aliphatic hydroxyl groups excluding tert-OH is 2. The molecule has 0 aliphatic heterocycles. The molecule has 0 amide bonds. The lowest BCUT2D eigenvalue weighted by Crippen LogP contribution is -2.30. The lowest BCUT2D eigenvalue weighted by atomic mass is 10.0. The van der Waals surface area contributed by atoms with Gasteiger partial charge in [0.05, 0.1) is 25.9 Å². The van der Waals surface area contributed by atoms with Crippen LogP contribution in [0, 0.1) is 5.92 Å². The number of hydrogen-bond donors (Lipinski definition) is 5. The molecule has 0 bridgehead atoms. The third-order valence-electron chi connectivity index (χ3n) is 7.69. The zero-order valence-electron chi connectivity index (χ0n) is 33.0. The summed E-state index contributed by atoms with van der Waals surface area (Å²) in [5.74, 6) is -0.536. The van der Waals surface area contributed by atoms with E-state index in [9.17, 15) is 33.8 Å². The van der Waals surface area contributed by atoms with Gasteiger partial charge in [-0.15, -0.1) is 0 Å². The van der Waals surface area contributed by atoms with Gasteiger partial charge in [-0.1, -0.05) is 126 Å². The van der Waals surface area contributed by atoms with E-state index in [2.05, 4.69) is 66.3 Å². The molecule has 16 heteroatoms. The highest BCUT2D eigenvalue weighted by Gasteiger charge is 2.28. The first-order valence-corrected chi connectivity index (χ1v) is 22.5. The molecule has 5 N–H and O–H groups in total. The van der Waals surface area contributed by atoms with Crippen molar-refractivity contribution in [2.75, 3.05) is 26.4 Å². The Morgan fingerprint density at radius 3 is 1.78 bits per heavy atom. The van der Waals surface area contributed by atoms with Gasteiger partial charge in [-0.2, -0.15) is 0 Å². The highest BCUT2D eigenvalue weighted by Crippen LogP contribution is 2.43. The number of aliphatic hydroxyl groups is 2. The third kappa shape index (κ3) is 38.4. The van der Waals surface area contributed by atoms with E-state index < -0.39 is 72.3 Å². The van der Waals surface area contributed by atoms with Crippen molar-refractivity contribution >= 4 is 27.6 Å². The van der Waals surface area contributed by atoms with E-state index in [1.165, 1.54) is 19.3 Å². The fourth-order valence-electron chi connectivity index (χ4n) is 4.74. The van der Waals surface area contributed by atoms with Crippen LogP contribution in [0.5, 0.6) is 0 Å². The molecule has 2 unspecified atom stereocenters. The van der Waals surface area contributed by atoms with Crippen LogP contribution in [0.3, 0.4) is 0 Å². The number of ether oxygens (including phenoxy) is 2. The van der Waals surface area contributed by atoms with Crippen LogP contribution in [0.4, 0.5) is 0 Å². The molecule has 0 aliphatic carbocycles. The molecule has 0 heterocycles. The van der Waals surface area contributed by atoms with Crippen molar-refractivity contribution in [3.63, 3.8) is 0 Å². The summed E-state index contributed by atoms with van der Waals surface area (Å²) in [6, 6.07) is 0. The number of phosphoric acid groups is 2. The average Bonchev–Trinajstić information content (AvgIpc) is 3.11. The highest BCUT2D eigenvalue weighted by molar-refractivity contribution is 7.47. The second-order valence-electron chi connectivity index (χ2n) is 13.5. The van der Waals surface area contributed by atoms with E-state index in [0.717, 1.165) is 51.4 Å². The van der Waals surface area contributed by atoms with E-state index in [0.29, 0.717) is 12.3 Å². The Labute approximate surface area is 328 Å². The molecule has 4 atom stereocenters. The van der Waals surface area contributed by atoms with E-state index in [4.69, 9.17) is 23.8 Å². The standard InChI is InChI=1S/C39H68O14P2/c1-4-5-6-7-8-9-10-11-12-13-16-19-22-26-35(40)27-24-29-39(43)53-37(33-52-55(47,48)51-31-36(41)30-50-54(44,45)46)32-49-38(42)28-23-20-17-14-15-18-21-25-34(2)3/h5-6,8-9,11-12,16,19,22,26,34-37,40-41H,4,7,10,13-15,17-18,20-21,23-25,27-33H2,1-3H3,(H,47,48)(H2,44,45,46)/b6-5-,9-8-,12-11-,19-16-,26-22+/t35?,36-,37+/m0/s1. The molecule has 0 aliphatic rings. The van der Waals surface area contributed by atoms with Gasteiger partial charge in [0.15, 0.2) is 6.10 Å². The Morgan fingerprint density at radius 1 is 0.618 bits per heavy atom. The quantitative estimate of drug-likeness (QED) is 0.0134. The molecular weight excluding hydrogens is 754 g/mol. The van der Waals surface area contributed by atoms with Gasteiger partial charge in [-0.3, -0.25) is 23.2 Å². The van der Waals surface area contributed by atoms with Gasteiger partial charge in [-0.25, -0.2) is 9.13 Å². The van der Waals surface area contributed by atoms with Crippen LogP contribution in [-0.2, 0) is 41.8 Å². The van der Waals surface area contributed by atoms with Gasteiger partial charge in [-0.05, 0) is 50.9 Å². The summed E-state index contributed by atoms with van der Waals surface area (Å²) in [7, 11) is -9.74. The van der Waals surface area contributed by atoms with Crippen molar-refractivity contribution in [3.05, 3.63) is 60.8 Å². The predicted molar refractivity (Wildman–Crippen MR) is 213 cm³/mol. The van der Waals surface area contributed by atoms with E-state index >= 15 is 0 Å². The maximum absolute atomic E-state index is 12.6. The minimum Gasteiger partial charge on any atom is -0.462 e. The predicted octanol–water partition coefficient (Wildman–Crippen LogP) is 8.10. The number of allylic oxidation sites excluding steroid dienone is 9. The molecule has 0 spiro atoms. The van der Waals surface area contributed by atoms with Crippen molar-refractivity contribution in [1.29, 1.82) is 0 Å². The molecule has 0 aromatic heterocycles. The number of carbonyl (C=O) groups is 2. The minimum absolute atomic E-state index is 0.101. The first-order valence-electron chi connectivity index (χ1n) is 19.4. The van der Waals surface area contributed by atoms with Crippen molar-refractivity contribution in [2.45, 2.75) is 142 Å². The van der Waals surface area contributed by atoms with Crippen molar-refractivity contribution in [2.24, 2.45) is 5.92 Å². The average molecular weight is 823 g/mol. The number of carbonyl (C=O) groups excluding carboxylic acids is 2. The number of esters is 2. The molecule has 0 rings (SSSR count). The lowest BCUT2D eigenvalue weighted by Gasteiger charge is -2.20. The summed E-state index contributed by atoms with van der Waals surface area (Å²) in [5.41, 5.74) is 0. The molecule has 0 aromatic carbocycles. The molecule has 14 nitrogen and oxygen atoms in total. The van der Waals surface area contributed by atoms with Gasteiger partial charge in [0.2, 0.25) is 0 Å². The van der Waals surface area contributed by atoms with Crippen LogP contribution in [0.1, 0.15) is 124 Å². The van der Waals surface area contributed by atoms with Crippen molar-refractivity contribution < 1.29 is 66.7 Å². The minimum atomic E-state index is -4.88. The SMILES string of the molecule is CC/C=C\C/C=C\C/C=C\C/C=C\C=C\C(O)CCCC(=O)O[C@H](COC(=O)CCCCCCCCCC(C)C)COP(=O)(O)OC[C@@H](O)COP(=O)(O)O. The van der Waals surface area contributed by atoms with Gasteiger partial charge < -0.3 is 34.4 Å². The van der Waals surface area contributed by atoms with Gasteiger partial charge >= 0.3 is 27.6 Å². The summed E-state index contributed by atoms with van der Waals surface area (Å²) < 4.78 is 47.4. The van der Waals surface area contributed by atoms with Crippen LogP contribution in [0.2, 0.25) is 0 Å². The van der Waals surface area contributed by atoms with E-state index in [1.54, 1.807) is 12.2 Å². The monoisotopic (exact) mass is 822 g/mol. The molecule has 0 radical (unpaired) electrons. The molecular formula is C39H68O14P2. The zero-order valence-corrected chi connectivity index (χ0v) is 34.8. The van der Waals surface area contributed by atoms with Crippen LogP contribution >= 0.6 is 15.6 Å². The zero-order chi connectivity index (χ0) is 41.2. The normalized spacial score (nSPS) is 15.5. The summed E-state index contributed by atoms with van der Waals surface area (Å²) in [6.07, 6.45) is 28.6. The lowest BCUT2D eigenvalue weighted by molar-refractivity contribution is -0.161. The van der Waals surface area contributed by atoms with Crippen LogP contribution in [-0.4, -0.2) is 81.6 Å². The number of rotatable bonds is 35. The largest absolute Gasteiger partial charge is 0.472 e. The Morgan fingerprint density at radius 2 is 1.16 bits per heavy atom. The Balaban J connectivity index is 4.80. The van der Waals surface area contributed by atoms with Crippen molar-refractivity contribution in [3.8, 4) is 0 Å². The molecule has 0 saturated carbocycles. The number of hydrogen-bond acceptors (Lipinski definition) is 11. The molecule has 0 saturated heterocycles. The van der Waals surface area contributed by atoms with Gasteiger partial charge in [0.1, 0.15) is 12.7 Å². The van der Waals surface area contributed by atoms with Crippen LogP contribution in [0.25, 0.3) is 0 Å². The first-order chi connectivity index (χ1) is 26.1. The van der Waals surface area contributed by atoms with Gasteiger partial charge in [0.25, 0.3) is 0 Å². The summed E-state index contributed by atoms with van der Waals surface area (Å²) in [5, 5.41) is 20.0. The second-order valence-corrected chi connectivity index (χ2v) is 16.2. The molecule has 0 fully saturated rings. The van der Waals surface area contributed by atoms with Crippen LogP contribution in [0.15, 0.2) is 60.8 Å². The highest BCUT2D eigenvalue weighted by atomic mass is 31.2. The Hall–Kier alpha value is -2.22. The molecule has 318 valence electrons. The fraction of sp³-hybridized carbons (Fsp3) is 0.692. The molecule has 0 aromatic rings. The maximum atomic E-state index is 12.6. The smallest absolute Gasteiger partial charge is 0.462 e. The second kappa shape index (κ2) is 33.9. The Bertz CT molecular complexity index is 1240. The maximum Gasteiger partial charge on any atom is 0.472 e. The third-order valence-corrected chi connectivity index (χ3v) is 9.13. The number of phosphoric ester groups is 2. The van der Waals surface area contributed by atoms with E-state index in [1.807, 2.05) is 12.2 Å². The van der Waals surface area contributed by atoms with Gasteiger partial charge in [0, 0.05) is 12.8 Å². The first kappa shape index (κ1) is 52.8. The Kier molecular flexibility index (Phi) is 32.5. The molecule has 55 heavy (non-hydrogen) atoms. The van der Waals surface area contributed by atoms with Crippen molar-refractivity contribution in [1.82, 2.24) is 0 Å². The topological polar surface area (TPSA) is 216 Å². The summed E-state index contributed by atoms with van der Waals surface area (Å²) in [4.78, 5) is 52.5.